The molecule has 2 N–H and O–H groups in total. The van der Waals surface area contributed by atoms with Crippen molar-refractivity contribution in [3.63, 3.8) is 0 Å². The summed E-state index contributed by atoms with van der Waals surface area (Å²) < 4.78 is 15.6. The Labute approximate surface area is 195 Å². The van der Waals surface area contributed by atoms with Gasteiger partial charge in [-0.15, -0.1) is 0 Å². The van der Waals surface area contributed by atoms with E-state index >= 15 is 4.39 Å². The molecule has 3 atom stereocenters. The van der Waals surface area contributed by atoms with Gasteiger partial charge < -0.3 is 10.2 Å². The number of hydrogen-bond donors (Lipinski definition) is 2. The van der Waals surface area contributed by atoms with Crippen molar-refractivity contribution in [2.75, 3.05) is 6.54 Å². The van der Waals surface area contributed by atoms with Crippen molar-refractivity contribution in [2.24, 2.45) is 11.3 Å². The maximum absolute atomic E-state index is 15.6. The first-order chi connectivity index (χ1) is 15.6. The summed E-state index contributed by atoms with van der Waals surface area (Å²) in [4.78, 5) is 38.0. The summed E-state index contributed by atoms with van der Waals surface area (Å²) in [5.74, 6) is -1.07. The summed E-state index contributed by atoms with van der Waals surface area (Å²) in [7, 11) is 0. The minimum atomic E-state index is -0.722. The lowest BCUT2D eigenvalue weighted by Gasteiger charge is -2.33. The summed E-state index contributed by atoms with van der Waals surface area (Å²) in [6.45, 7) is 7.77. The fourth-order valence-electron chi connectivity index (χ4n) is 5.45. The molecule has 1 unspecified atom stereocenters. The van der Waals surface area contributed by atoms with Gasteiger partial charge in [0.2, 0.25) is 11.8 Å². The van der Waals surface area contributed by atoms with E-state index in [9.17, 15) is 14.4 Å². The van der Waals surface area contributed by atoms with Crippen molar-refractivity contribution >= 4 is 17.7 Å². The van der Waals surface area contributed by atoms with Crippen LogP contribution in [0.25, 0.3) is 0 Å². The molecule has 2 aliphatic heterocycles. The number of carbonyl (C=O) groups is 3. The standard InChI is InChI=1S/C26H36FN3O3/c1-26(2,3)12-13-28-20-7-5-4-6-16(20)14-17-8-9-18-19(23(17)27)15-30(25(18)33)21-10-11-22(31)29-24(21)32/h8-9,16,20-21,28H,4-7,10-15H2,1-3H3,(H,29,31,32)/t16-,20+,21?/m1/s1. The molecule has 1 saturated carbocycles. The SMILES string of the molecule is CC(C)(C)CCN[C@H]1CCCC[C@@H]1Cc1ccc2c(c1F)CN(C1CCC(=O)NC1=O)C2=O. The zero-order chi connectivity index (χ0) is 23.8. The van der Waals surface area contributed by atoms with Gasteiger partial charge in [-0.2, -0.15) is 0 Å². The van der Waals surface area contributed by atoms with Gasteiger partial charge in [-0.3, -0.25) is 19.7 Å². The smallest absolute Gasteiger partial charge is 0.255 e. The van der Waals surface area contributed by atoms with Crippen molar-refractivity contribution in [2.45, 2.75) is 90.8 Å². The molecule has 0 spiro atoms. The third-order valence-corrected chi connectivity index (χ3v) is 7.40. The number of fused-ring (bicyclic) bond motifs is 1. The lowest BCUT2D eigenvalue weighted by molar-refractivity contribution is -0.136. The summed E-state index contributed by atoms with van der Waals surface area (Å²) in [5, 5.41) is 6.02. The second-order valence-corrected chi connectivity index (χ2v) is 11.1. The van der Waals surface area contributed by atoms with Crippen LogP contribution >= 0.6 is 0 Å². The highest BCUT2D eigenvalue weighted by Gasteiger charge is 2.40. The molecule has 2 heterocycles. The maximum Gasteiger partial charge on any atom is 0.255 e. The van der Waals surface area contributed by atoms with Gasteiger partial charge in [0.25, 0.3) is 5.91 Å². The van der Waals surface area contributed by atoms with Gasteiger partial charge in [-0.1, -0.05) is 39.7 Å². The third kappa shape index (κ3) is 5.29. The second kappa shape index (κ2) is 9.53. The van der Waals surface area contributed by atoms with Gasteiger partial charge in [0.05, 0.1) is 6.54 Å². The van der Waals surface area contributed by atoms with E-state index in [0.29, 0.717) is 35.1 Å². The number of benzene rings is 1. The number of amides is 3. The predicted octanol–water partition coefficient (Wildman–Crippen LogP) is 3.71. The molecular weight excluding hydrogens is 421 g/mol. The Kier molecular flexibility index (Phi) is 6.89. The van der Waals surface area contributed by atoms with E-state index in [2.05, 4.69) is 31.4 Å². The summed E-state index contributed by atoms with van der Waals surface area (Å²) in [5.41, 5.74) is 1.66. The molecule has 33 heavy (non-hydrogen) atoms. The summed E-state index contributed by atoms with van der Waals surface area (Å²) in [6, 6.07) is 3.13. The summed E-state index contributed by atoms with van der Waals surface area (Å²) >= 11 is 0. The Hall–Kier alpha value is -2.28. The van der Waals surface area contributed by atoms with E-state index in [4.69, 9.17) is 0 Å². The van der Waals surface area contributed by atoms with Crippen molar-refractivity contribution in [1.29, 1.82) is 0 Å². The van der Waals surface area contributed by atoms with Crippen molar-refractivity contribution in [3.05, 3.63) is 34.6 Å². The first-order valence-electron chi connectivity index (χ1n) is 12.3. The van der Waals surface area contributed by atoms with E-state index in [1.807, 2.05) is 0 Å². The molecule has 0 radical (unpaired) electrons. The number of piperidine rings is 1. The molecule has 1 aromatic rings. The average Bonchev–Trinajstić information content (AvgIpc) is 3.07. The molecule has 3 amide bonds. The van der Waals surface area contributed by atoms with Crippen LogP contribution in [0.1, 0.15) is 87.2 Å². The van der Waals surface area contributed by atoms with Crippen LogP contribution in [0.4, 0.5) is 4.39 Å². The van der Waals surface area contributed by atoms with Crippen LogP contribution in [-0.2, 0) is 22.6 Å². The molecule has 0 aromatic heterocycles. The molecule has 0 bridgehead atoms. The van der Waals surface area contributed by atoms with Crippen LogP contribution in [0.5, 0.6) is 0 Å². The quantitative estimate of drug-likeness (QED) is 0.639. The molecule has 3 aliphatic rings. The van der Waals surface area contributed by atoms with Crippen LogP contribution in [0, 0.1) is 17.2 Å². The minimum absolute atomic E-state index is 0.0814. The first kappa shape index (κ1) is 23.9. The molecule has 1 aromatic carbocycles. The Balaban J connectivity index is 1.46. The highest BCUT2D eigenvalue weighted by Crippen LogP contribution is 2.34. The lowest BCUT2D eigenvalue weighted by atomic mass is 9.80. The Bertz CT molecular complexity index is 939. The molecular formula is C26H36FN3O3. The molecule has 1 saturated heterocycles. The number of hydrogen-bond acceptors (Lipinski definition) is 4. The summed E-state index contributed by atoms with van der Waals surface area (Å²) in [6.07, 6.45) is 6.77. The van der Waals surface area contributed by atoms with Crippen LogP contribution < -0.4 is 10.6 Å². The van der Waals surface area contributed by atoms with Crippen molar-refractivity contribution in [3.8, 4) is 0 Å². The topological polar surface area (TPSA) is 78.5 Å². The largest absolute Gasteiger partial charge is 0.322 e. The number of halogens is 1. The van der Waals surface area contributed by atoms with Gasteiger partial charge in [0, 0.05) is 23.6 Å². The number of nitrogens with one attached hydrogen (secondary N) is 2. The third-order valence-electron chi connectivity index (χ3n) is 7.40. The first-order valence-corrected chi connectivity index (χ1v) is 12.3. The van der Waals surface area contributed by atoms with Crippen molar-refractivity contribution < 1.29 is 18.8 Å². The Morgan fingerprint density at radius 2 is 1.88 bits per heavy atom. The van der Waals surface area contributed by atoms with Gasteiger partial charge in [-0.05, 0) is 61.6 Å². The molecule has 1 aliphatic carbocycles. The Morgan fingerprint density at radius 3 is 2.61 bits per heavy atom. The van der Waals surface area contributed by atoms with E-state index in [1.54, 1.807) is 12.1 Å². The normalized spacial score (nSPS) is 25.9. The van der Waals surface area contributed by atoms with Gasteiger partial charge in [0.15, 0.2) is 0 Å². The van der Waals surface area contributed by atoms with Crippen LogP contribution in [0.3, 0.4) is 0 Å². The molecule has 2 fully saturated rings. The van der Waals surface area contributed by atoms with Gasteiger partial charge in [-0.25, -0.2) is 4.39 Å². The minimum Gasteiger partial charge on any atom is -0.322 e. The zero-order valence-electron chi connectivity index (χ0n) is 20.0. The maximum atomic E-state index is 15.6. The van der Waals surface area contributed by atoms with E-state index in [1.165, 1.54) is 11.3 Å². The number of carbonyl (C=O) groups excluding carboxylic acids is 3. The van der Waals surface area contributed by atoms with Crippen molar-refractivity contribution in [1.82, 2.24) is 15.5 Å². The van der Waals surface area contributed by atoms with Crippen LogP contribution in [-0.4, -0.2) is 41.2 Å². The predicted molar refractivity (Wildman–Crippen MR) is 124 cm³/mol. The zero-order valence-corrected chi connectivity index (χ0v) is 20.0. The molecule has 6 nitrogen and oxygen atoms in total. The number of rotatable bonds is 6. The monoisotopic (exact) mass is 457 g/mol. The van der Waals surface area contributed by atoms with E-state index < -0.39 is 11.9 Å². The van der Waals surface area contributed by atoms with E-state index in [0.717, 1.165) is 32.2 Å². The second-order valence-electron chi connectivity index (χ2n) is 11.1. The number of imide groups is 1. The average molecular weight is 458 g/mol. The molecule has 7 heteroatoms. The Morgan fingerprint density at radius 1 is 1.12 bits per heavy atom. The lowest BCUT2D eigenvalue weighted by Crippen LogP contribution is -2.52. The van der Waals surface area contributed by atoms with Crippen LogP contribution in [0.15, 0.2) is 12.1 Å². The van der Waals surface area contributed by atoms with Gasteiger partial charge >= 0.3 is 0 Å². The highest BCUT2D eigenvalue weighted by atomic mass is 19.1. The van der Waals surface area contributed by atoms with Gasteiger partial charge in [0.1, 0.15) is 11.9 Å². The number of nitrogens with zero attached hydrogens (tertiary/aromatic N) is 1. The van der Waals surface area contributed by atoms with Crippen LogP contribution in [0.2, 0.25) is 0 Å². The highest BCUT2D eigenvalue weighted by molar-refractivity contribution is 6.05. The van der Waals surface area contributed by atoms with E-state index in [-0.39, 0.29) is 42.4 Å². The molecule has 180 valence electrons. The fourth-order valence-corrected chi connectivity index (χ4v) is 5.45. The molecule has 4 rings (SSSR count). The fraction of sp³-hybridized carbons (Fsp3) is 0.654.